The predicted molar refractivity (Wildman–Crippen MR) is 120 cm³/mol. The van der Waals surface area contributed by atoms with E-state index in [0.29, 0.717) is 31.8 Å². The molecule has 1 saturated carbocycles. The van der Waals surface area contributed by atoms with Crippen molar-refractivity contribution in [3.63, 3.8) is 0 Å². The van der Waals surface area contributed by atoms with Gasteiger partial charge in [0.25, 0.3) is 0 Å². The number of halogens is 1. The normalized spacial score (nSPS) is 16.8. The number of aryl methyl sites for hydroxylation is 1. The van der Waals surface area contributed by atoms with Crippen LogP contribution in [0.25, 0.3) is 0 Å². The van der Waals surface area contributed by atoms with Gasteiger partial charge in [-0.1, -0.05) is 34.5 Å². The van der Waals surface area contributed by atoms with E-state index in [4.69, 9.17) is 4.74 Å². The highest BCUT2D eigenvalue weighted by Crippen LogP contribution is 2.38. The number of carbonyl (C=O) groups excluding carboxylic acids is 2. The number of hydrogen-bond acceptors (Lipinski definition) is 3. The number of hydrogen-bond donors (Lipinski definition) is 2. The van der Waals surface area contributed by atoms with Crippen LogP contribution in [-0.2, 0) is 16.0 Å². The van der Waals surface area contributed by atoms with E-state index >= 15 is 0 Å². The quantitative estimate of drug-likeness (QED) is 0.524. The summed E-state index contributed by atoms with van der Waals surface area (Å²) in [6.07, 6.45) is 5.94. The first-order valence-electron chi connectivity index (χ1n) is 10.7. The first-order chi connectivity index (χ1) is 14.6. The molecule has 2 aromatic rings. The van der Waals surface area contributed by atoms with Crippen molar-refractivity contribution < 1.29 is 14.3 Å². The molecule has 1 unspecified atom stereocenters. The maximum Gasteiger partial charge on any atom is 0.224 e. The van der Waals surface area contributed by atoms with Crippen molar-refractivity contribution in [3.05, 3.63) is 58.1 Å². The van der Waals surface area contributed by atoms with Crippen molar-refractivity contribution in [2.24, 2.45) is 5.92 Å². The van der Waals surface area contributed by atoms with Gasteiger partial charge in [0, 0.05) is 23.0 Å². The second kappa shape index (κ2) is 9.65. The van der Waals surface area contributed by atoms with Gasteiger partial charge in [-0.15, -0.1) is 0 Å². The molecule has 0 radical (unpaired) electrons. The Hall–Kier alpha value is -2.34. The van der Waals surface area contributed by atoms with Crippen molar-refractivity contribution in [1.29, 1.82) is 0 Å². The summed E-state index contributed by atoms with van der Waals surface area (Å²) in [5, 5.41) is 6.12. The third-order valence-corrected chi connectivity index (χ3v) is 6.48. The minimum atomic E-state index is 0.0607. The van der Waals surface area contributed by atoms with Gasteiger partial charge in [-0.3, -0.25) is 9.59 Å². The van der Waals surface area contributed by atoms with Crippen molar-refractivity contribution in [2.75, 3.05) is 11.9 Å². The molecule has 2 aliphatic rings. The predicted octanol–water partition coefficient (Wildman–Crippen LogP) is 5.15. The van der Waals surface area contributed by atoms with Gasteiger partial charge in [0.2, 0.25) is 11.8 Å². The molecule has 2 N–H and O–H groups in total. The van der Waals surface area contributed by atoms with Gasteiger partial charge in [-0.2, -0.15) is 0 Å². The third-order valence-electron chi connectivity index (χ3n) is 5.96. The summed E-state index contributed by atoms with van der Waals surface area (Å²) in [6.45, 7) is 0.491. The second-order valence-corrected chi connectivity index (χ2v) is 9.02. The van der Waals surface area contributed by atoms with Crippen LogP contribution < -0.4 is 15.4 Å². The van der Waals surface area contributed by atoms with E-state index in [1.54, 1.807) is 0 Å². The van der Waals surface area contributed by atoms with Crippen LogP contribution in [0.4, 0.5) is 5.69 Å². The zero-order valence-corrected chi connectivity index (χ0v) is 18.5. The van der Waals surface area contributed by atoms with Gasteiger partial charge in [0.15, 0.2) is 0 Å². The Balaban J connectivity index is 1.25. The molecule has 4 rings (SSSR count). The van der Waals surface area contributed by atoms with E-state index in [2.05, 4.69) is 38.7 Å². The van der Waals surface area contributed by atoms with E-state index in [1.165, 1.54) is 24.8 Å². The van der Waals surface area contributed by atoms with Crippen molar-refractivity contribution >= 4 is 33.4 Å². The number of benzene rings is 2. The number of fused-ring (bicyclic) bond motifs is 1. The molecule has 2 aromatic carbocycles. The Morgan fingerprint density at radius 1 is 1.17 bits per heavy atom. The van der Waals surface area contributed by atoms with Gasteiger partial charge in [0.05, 0.1) is 12.6 Å². The van der Waals surface area contributed by atoms with Crippen LogP contribution in [0.1, 0.15) is 55.7 Å². The molecular formula is C24H27BrN2O3. The van der Waals surface area contributed by atoms with E-state index < -0.39 is 0 Å². The average Bonchev–Trinajstić information content (AvgIpc) is 2.70. The third kappa shape index (κ3) is 5.22. The molecule has 1 atom stereocenters. The summed E-state index contributed by atoms with van der Waals surface area (Å²) >= 11 is 3.48. The van der Waals surface area contributed by atoms with Gasteiger partial charge in [-0.25, -0.2) is 0 Å². The van der Waals surface area contributed by atoms with Crippen molar-refractivity contribution in [2.45, 2.75) is 51.0 Å². The van der Waals surface area contributed by atoms with Gasteiger partial charge in [-0.05, 0) is 73.1 Å². The molecule has 1 aliphatic carbocycles. The fraction of sp³-hybridized carbons (Fsp3) is 0.417. The Labute approximate surface area is 185 Å². The van der Waals surface area contributed by atoms with Crippen LogP contribution in [0.15, 0.2) is 46.9 Å². The summed E-state index contributed by atoms with van der Waals surface area (Å²) in [6, 6.07) is 14.1. The van der Waals surface area contributed by atoms with Crippen LogP contribution >= 0.6 is 15.9 Å². The molecule has 1 aliphatic heterocycles. The second-order valence-electron chi connectivity index (χ2n) is 8.11. The van der Waals surface area contributed by atoms with Crippen LogP contribution in [0, 0.1) is 5.92 Å². The largest absolute Gasteiger partial charge is 0.494 e. The summed E-state index contributed by atoms with van der Waals surface area (Å²) in [5.74, 6) is 1.45. The molecular weight excluding hydrogens is 444 g/mol. The number of anilines is 1. The van der Waals surface area contributed by atoms with Crippen molar-refractivity contribution in [1.82, 2.24) is 5.32 Å². The molecule has 0 aromatic heterocycles. The average molecular weight is 471 g/mol. The van der Waals surface area contributed by atoms with Crippen LogP contribution in [0.5, 0.6) is 5.75 Å². The lowest BCUT2D eigenvalue weighted by Gasteiger charge is -2.34. The number of amides is 2. The minimum absolute atomic E-state index is 0.0607. The van der Waals surface area contributed by atoms with Gasteiger partial charge >= 0.3 is 0 Å². The molecule has 158 valence electrons. The molecule has 2 amide bonds. The maximum absolute atomic E-state index is 12.6. The Kier molecular flexibility index (Phi) is 6.72. The Morgan fingerprint density at radius 2 is 1.97 bits per heavy atom. The molecule has 1 fully saturated rings. The van der Waals surface area contributed by atoms with Gasteiger partial charge in [0.1, 0.15) is 5.75 Å². The fourth-order valence-corrected chi connectivity index (χ4v) is 4.30. The lowest BCUT2D eigenvalue weighted by atomic mass is 9.77. The van der Waals surface area contributed by atoms with Crippen LogP contribution in [-0.4, -0.2) is 18.4 Å². The lowest BCUT2D eigenvalue weighted by Crippen LogP contribution is -2.36. The molecule has 5 nitrogen and oxygen atoms in total. The topological polar surface area (TPSA) is 67.4 Å². The zero-order chi connectivity index (χ0) is 20.9. The smallest absolute Gasteiger partial charge is 0.224 e. The van der Waals surface area contributed by atoms with Crippen LogP contribution in [0.2, 0.25) is 0 Å². The lowest BCUT2D eigenvalue weighted by molar-refractivity contribution is -0.122. The summed E-state index contributed by atoms with van der Waals surface area (Å²) < 4.78 is 6.88. The summed E-state index contributed by atoms with van der Waals surface area (Å²) in [7, 11) is 0. The Bertz CT molecular complexity index is 909. The SMILES string of the molecule is O=C1CCc2cc(OCCCC(=O)NC(c3ccc(Br)cc3)C3CCC3)ccc2N1. The summed E-state index contributed by atoms with van der Waals surface area (Å²) in [5.41, 5.74) is 3.14. The number of nitrogens with one attached hydrogen (secondary N) is 2. The molecule has 0 saturated heterocycles. The van der Waals surface area contributed by atoms with Crippen LogP contribution in [0.3, 0.4) is 0 Å². The molecule has 0 spiro atoms. The molecule has 6 heteroatoms. The highest BCUT2D eigenvalue weighted by molar-refractivity contribution is 9.10. The maximum atomic E-state index is 12.6. The van der Waals surface area contributed by atoms with E-state index in [9.17, 15) is 9.59 Å². The van der Waals surface area contributed by atoms with Crippen molar-refractivity contribution in [3.8, 4) is 5.75 Å². The Morgan fingerprint density at radius 3 is 2.70 bits per heavy atom. The first-order valence-corrected chi connectivity index (χ1v) is 11.5. The monoisotopic (exact) mass is 470 g/mol. The molecule has 1 heterocycles. The van der Waals surface area contributed by atoms with Gasteiger partial charge < -0.3 is 15.4 Å². The van der Waals surface area contributed by atoms with E-state index in [1.807, 2.05) is 30.3 Å². The minimum Gasteiger partial charge on any atom is -0.494 e. The van der Waals surface area contributed by atoms with E-state index in [-0.39, 0.29) is 17.9 Å². The highest BCUT2D eigenvalue weighted by Gasteiger charge is 2.29. The molecule has 30 heavy (non-hydrogen) atoms. The zero-order valence-electron chi connectivity index (χ0n) is 17.0. The standard InChI is InChI=1S/C24H27BrN2O3/c25-19-9-6-17(7-10-19)24(16-3-1-4-16)27-22(28)5-2-14-30-20-11-12-21-18(15-20)8-13-23(29)26-21/h6-7,9-12,15-16,24H,1-5,8,13-14H2,(H,26,29)(H,27,28). The summed E-state index contributed by atoms with van der Waals surface area (Å²) in [4.78, 5) is 24.0. The number of rotatable bonds is 8. The molecule has 0 bridgehead atoms. The first kappa shape index (κ1) is 20.9. The van der Waals surface area contributed by atoms with E-state index in [0.717, 1.165) is 27.9 Å². The number of carbonyl (C=O) groups is 2. The fourth-order valence-electron chi connectivity index (χ4n) is 4.03. The highest BCUT2D eigenvalue weighted by atomic mass is 79.9. The number of ether oxygens (including phenoxy) is 1.